The van der Waals surface area contributed by atoms with Crippen LogP contribution in [0.15, 0.2) is 0 Å². The van der Waals surface area contributed by atoms with Gasteiger partial charge in [-0.2, -0.15) is 0 Å². The predicted molar refractivity (Wildman–Crippen MR) is 39.2 cm³/mol. The molecule has 0 aromatic rings. The van der Waals surface area contributed by atoms with Gasteiger partial charge < -0.3 is 4.74 Å². The first kappa shape index (κ1) is 8.15. The van der Waals surface area contributed by atoms with Crippen molar-refractivity contribution in [3.05, 3.63) is 0 Å². The molecule has 0 aromatic carbocycles. The molecule has 1 aliphatic rings. The molecule has 0 bridgehead atoms. The minimum atomic E-state index is -1.33. The van der Waals surface area contributed by atoms with Crippen LogP contribution >= 0.6 is 23.2 Å². The Bertz CT molecular complexity index is 167. The number of cyclic esters (lactones) is 1. The van der Waals surface area contributed by atoms with Crippen LogP contribution in [0.1, 0.15) is 13.8 Å². The minimum Gasteiger partial charge on any atom is -0.460 e. The normalized spacial score (nSPS) is 37.8. The molecule has 1 aliphatic heterocycles. The summed E-state index contributed by atoms with van der Waals surface area (Å²) in [7, 11) is 0. The fraction of sp³-hybridized carbons (Fsp3) is 0.833. The summed E-state index contributed by atoms with van der Waals surface area (Å²) in [6.07, 6.45) is -0.178. The highest BCUT2D eigenvalue weighted by molar-refractivity contribution is 6.58. The minimum absolute atomic E-state index is 0.136. The smallest absolute Gasteiger partial charge is 0.343 e. The zero-order chi connectivity index (χ0) is 7.94. The van der Waals surface area contributed by atoms with Gasteiger partial charge in [-0.15, -0.1) is 0 Å². The highest BCUT2D eigenvalue weighted by Gasteiger charge is 2.51. The van der Waals surface area contributed by atoms with Crippen molar-refractivity contribution in [3.63, 3.8) is 0 Å². The van der Waals surface area contributed by atoms with Crippen LogP contribution in [0.4, 0.5) is 0 Å². The van der Waals surface area contributed by atoms with E-state index in [0.717, 1.165) is 0 Å². The highest BCUT2D eigenvalue weighted by Crippen LogP contribution is 2.40. The Labute approximate surface area is 69.4 Å². The largest absolute Gasteiger partial charge is 0.460 e. The molecule has 1 heterocycles. The molecule has 0 radical (unpaired) electrons. The summed E-state index contributed by atoms with van der Waals surface area (Å²) in [5, 5.41) is 0. The van der Waals surface area contributed by atoms with E-state index in [4.69, 9.17) is 27.9 Å². The van der Waals surface area contributed by atoms with Crippen molar-refractivity contribution in [1.29, 1.82) is 0 Å². The van der Waals surface area contributed by atoms with Gasteiger partial charge >= 0.3 is 5.97 Å². The van der Waals surface area contributed by atoms with Crippen LogP contribution in [-0.4, -0.2) is 16.4 Å². The van der Waals surface area contributed by atoms with E-state index in [2.05, 4.69) is 0 Å². The van der Waals surface area contributed by atoms with Crippen molar-refractivity contribution >= 4 is 29.2 Å². The van der Waals surface area contributed by atoms with Gasteiger partial charge in [-0.05, 0) is 6.92 Å². The molecule has 1 saturated heterocycles. The first-order valence-corrected chi connectivity index (χ1v) is 3.80. The van der Waals surface area contributed by atoms with E-state index in [1.165, 1.54) is 0 Å². The lowest BCUT2D eigenvalue weighted by atomic mass is 10.1. The number of rotatable bonds is 0. The molecule has 1 rings (SSSR count). The molecule has 0 aliphatic carbocycles. The van der Waals surface area contributed by atoms with E-state index < -0.39 is 10.3 Å². The van der Waals surface area contributed by atoms with Gasteiger partial charge in [0.05, 0.1) is 0 Å². The molecule has 4 heteroatoms. The number of carbonyl (C=O) groups is 1. The molecule has 1 fully saturated rings. The Hall–Kier alpha value is 0.0500. The first-order chi connectivity index (χ1) is 4.46. The molecule has 58 valence electrons. The van der Waals surface area contributed by atoms with E-state index in [1.54, 1.807) is 13.8 Å². The Morgan fingerprint density at radius 3 is 2.10 bits per heavy atom. The standard InChI is InChI=1S/C6H8Cl2O2/c1-3-4(2)10-5(9)6(3,7)8/h3-4H,1-2H3. The third kappa shape index (κ3) is 0.995. The van der Waals surface area contributed by atoms with E-state index in [0.29, 0.717) is 0 Å². The summed E-state index contributed by atoms with van der Waals surface area (Å²) in [6.45, 7) is 3.56. The average molecular weight is 183 g/mol. The number of halogens is 2. The Morgan fingerprint density at radius 1 is 1.50 bits per heavy atom. The second-order valence-corrected chi connectivity index (χ2v) is 3.91. The van der Waals surface area contributed by atoms with Crippen LogP contribution < -0.4 is 0 Å². The number of hydrogen-bond donors (Lipinski definition) is 0. The predicted octanol–water partition coefficient (Wildman–Crippen LogP) is 1.74. The number of esters is 1. The SMILES string of the molecule is CC1OC(=O)C(Cl)(Cl)C1C. The van der Waals surface area contributed by atoms with Crippen molar-refractivity contribution in [1.82, 2.24) is 0 Å². The van der Waals surface area contributed by atoms with Gasteiger partial charge in [0.25, 0.3) is 0 Å². The molecule has 2 unspecified atom stereocenters. The second-order valence-electron chi connectivity index (χ2n) is 2.52. The molecular formula is C6H8Cl2O2. The number of ether oxygens (including phenoxy) is 1. The van der Waals surface area contributed by atoms with Gasteiger partial charge in [0.15, 0.2) is 0 Å². The maximum Gasteiger partial charge on any atom is 0.343 e. The van der Waals surface area contributed by atoms with Crippen molar-refractivity contribution in [3.8, 4) is 0 Å². The molecule has 2 atom stereocenters. The zero-order valence-corrected chi connectivity index (χ0v) is 7.24. The van der Waals surface area contributed by atoms with E-state index >= 15 is 0 Å². The van der Waals surface area contributed by atoms with Crippen molar-refractivity contribution in [2.24, 2.45) is 5.92 Å². The van der Waals surface area contributed by atoms with Crippen LogP contribution in [0.25, 0.3) is 0 Å². The monoisotopic (exact) mass is 182 g/mol. The van der Waals surface area contributed by atoms with E-state index in [9.17, 15) is 4.79 Å². The fourth-order valence-electron chi connectivity index (χ4n) is 0.830. The summed E-state index contributed by atoms with van der Waals surface area (Å²) in [6, 6.07) is 0. The third-order valence-corrected chi connectivity index (χ3v) is 2.84. The van der Waals surface area contributed by atoms with Crippen molar-refractivity contribution < 1.29 is 9.53 Å². The average Bonchev–Trinajstić information content (AvgIpc) is 1.97. The summed E-state index contributed by atoms with van der Waals surface area (Å²) >= 11 is 11.3. The molecule has 0 N–H and O–H groups in total. The summed E-state index contributed by atoms with van der Waals surface area (Å²) in [5.41, 5.74) is 0. The third-order valence-electron chi connectivity index (χ3n) is 1.84. The number of carbonyl (C=O) groups excluding carboxylic acids is 1. The Balaban J connectivity index is 2.85. The van der Waals surface area contributed by atoms with Crippen LogP contribution in [0.3, 0.4) is 0 Å². The fourth-order valence-corrected chi connectivity index (χ4v) is 1.27. The lowest BCUT2D eigenvalue weighted by Crippen LogP contribution is -2.26. The van der Waals surface area contributed by atoms with E-state index in [-0.39, 0.29) is 12.0 Å². The van der Waals surface area contributed by atoms with Gasteiger partial charge in [0.2, 0.25) is 4.33 Å². The van der Waals surface area contributed by atoms with Crippen LogP contribution in [0.2, 0.25) is 0 Å². The van der Waals surface area contributed by atoms with Gasteiger partial charge in [-0.25, -0.2) is 4.79 Å². The van der Waals surface area contributed by atoms with Crippen molar-refractivity contribution in [2.45, 2.75) is 24.3 Å². The second kappa shape index (κ2) is 2.28. The molecule has 10 heavy (non-hydrogen) atoms. The van der Waals surface area contributed by atoms with Gasteiger partial charge in [-0.3, -0.25) is 0 Å². The summed E-state index contributed by atoms with van der Waals surface area (Å²) in [4.78, 5) is 10.8. The number of alkyl halides is 2. The summed E-state index contributed by atoms with van der Waals surface area (Å²) < 4.78 is 3.45. The Morgan fingerprint density at radius 2 is 2.00 bits per heavy atom. The lowest BCUT2D eigenvalue weighted by Gasteiger charge is -2.12. The van der Waals surface area contributed by atoms with Gasteiger partial charge in [0.1, 0.15) is 6.10 Å². The topological polar surface area (TPSA) is 26.3 Å². The lowest BCUT2D eigenvalue weighted by molar-refractivity contribution is -0.141. The van der Waals surface area contributed by atoms with Gasteiger partial charge in [0, 0.05) is 5.92 Å². The molecule has 2 nitrogen and oxygen atoms in total. The van der Waals surface area contributed by atoms with Crippen LogP contribution in [0, 0.1) is 5.92 Å². The van der Waals surface area contributed by atoms with Gasteiger partial charge in [-0.1, -0.05) is 30.1 Å². The van der Waals surface area contributed by atoms with Crippen molar-refractivity contribution in [2.75, 3.05) is 0 Å². The molecule has 0 amide bonds. The molecular weight excluding hydrogens is 175 g/mol. The Kier molecular flexibility index (Phi) is 1.86. The maximum atomic E-state index is 10.8. The first-order valence-electron chi connectivity index (χ1n) is 3.05. The molecule has 0 aromatic heterocycles. The summed E-state index contributed by atoms with van der Waals surface area (Å²) in [5.74, 6) is -0.667. The maximum absolute atomic E-state index is 10.8. The highest BCUT2D eigenvalue weighted by atomic mass is 35.5. The van der Waals surface area contributed by atoms with Crippen LogP contribution in [0.5, 0.6) is 0 Å². The van der Waals surface area contributed by atoms with Crippen LogP contribution in [-0.2, 0) is 9.53 Å². The molecule has 0 saturated carbocycles. The zero-order valence-electron chi connectivity index (χ0n) is 5.73. The molecule has 0 spiro atoms. The quantitative estimate of drug-likeness (QED) is 0.422. The number of hydrogen-bond acceptors (Lipinski definition) is 2. The van der Waals surface area contributed by atoms with E-state index in [1.807, 2.05) is 0 Å².